The van der Waals surface area contributed by atoms with Crippen molar-refractivity contribution >= 4 is 34.9 Å². The van der Waals surface area contributed by atoms with E-state index >= 15 is 0 Å². The highest BCUT2D eigenvalue weighted by molar-refractivity contribution is 6.31. The molecule has 1 N–H and O–H groups in total. The van der Waals surface area contributed by atoms with Crippen molar-refractivity contribution < 1.29 is 9.47 Å². The fraction of sp³-hybridized carbons (Fsp3) is 0.423. The molecule has 3 aromatic rings. The van der Waals surface area contributed by atoms with Gasteiger partial charge in [0.05, 0.1) is 5.52 Å². The molecule has 2 aliphatic heterocycles. The van der Waals surface area contributed by atoms with E-state index < -0.39 is 0 Å². The molecular weight excluding hydrogens is 473 g/mol. The lowest BCUT2D eigenvalue weighted by molar-refractivity contribution is 0.171. The van der Waals surface area contributed by atoms with Gasteiger partial charge in [0, 0.05) is 42.2 Å². The molecule has 1 saturated heterocycles. The van der Waals surface area contributed by atoms with Crippen LogP contribution in [-0.2, 0) is 13.1 Å². The van der Waals surface area contributed by atoms with Gasteiger partial charge in [-0.25, -0.2) is 0 Å². The van der Waals surface area contributed by atoms with E-state index in [4.69, 9.17) is 21.1 Å². The molecule has 182 valence electrons. The first-order valence-electron chi connectivity index (χ1n) is 11.7. The lowest BCUT2D eigenvalue weighted by atomic mass is 10.0. The smallest absolute Gasteiger partial charge is 0.251 e. The standard InChI is InChI=1S/C26H30ClN3O3.ClH/c1-18-14-26(31)30(23-16-20(27)3-4-22(18)23)11-10-29-8-6-21(7-9-29)28-17-19-2-5-24-25(15-19)33-13-12-32-24;/h2-5,14-16,21,28H,6-13,17H2,1H3;1H. The fourth-order valence-electron chi connectivity index (χ4n) is 4.81. The van der Waals surface area contributed by atoms with E-state index in [1.54, 1.807) is 6.07 Å². The SMILES string of the molecule is Cc1cc(=O)n(CCN2CCC(NCc3ccc4c(c3)OCCO4)CC2)c2cc(Cl)ccc12.Cl. The molecule has 3 heterocycles. The number of likely N-dealkylation sites (tertiary alicyclic amines) is 1. The van der Waals surface area contributed by atoms with E-state index in [0.717, 1.165) is 67.0 Å². The van der Waals surface area contributed by atoms with E-state index in [-0.39, 0.29) is 18.0 Å². The molecule has 8 heteroatoms. The van der Waals surface area contributed by atoms with Crippen molar-refractivity contribution in [3.05, 3.63) is 69.0 Å². The lowest BCUT2D eigenvalue weighted by Crippen LogP contribution is -2.43. The number of aryl methyl sites for hydroxylation is 1. The van der Waals surface area contributed by atoms with Gasteiger partial charge in [0.15, 0.2) is 11.5 Å². The topological polar surface area (TPSA) is 55.7 Å². The van der Waals surface area contributed by atoms with Crippen LogP contribution in [-0.4, -0.2) is 48.4 Å². The maximum Gasteiger partial charge on any atom is 0.251 e. The van der Waals surface area contributed by atoms with E-state index in [9.17, 15) is 4.79 Å². The van der Waals surface area contributed by atoms with Crippen LogP contribution in [0, 0.1) is 6.92 Å². The summed E-state index contributed by atoms with van der Waals surface area (Å²) in [4.78, 5) is 15.1. The van der Waals surface area contributed by atoms with E-state index in [0.29, 0.717) is 30.8 Å². The zero-order valence-corrected chi connectivity index (χ0v) is 21.0. The van der Waals surface area contributed by atoms with Gasteiger partial charge in [0.2, 0.25) is 0 Å². The van der Waals surface area contributed by atoms with Crippen molar-refractivity contribution in [3.8, 4) is 11.5 Å². The fourth-order valence-corrected chi connectivity index (χ4v) is 4.98. The molecule has 2 aromatic carbocycles. The molecule has 34 heavy (non-hydrogen) atoms. The number of piperidine rings is 1. The zero-order valence-electron chi connectivity index (χ0n) is 19.4. The molecule has 0 atom stereocenters. The average molecular weight is 504 g/mol. The van der Waals surface area contributed by atoms with Crippen molar-refractivity contribution in [3.63, 3.8) is 0 Å². The second-order valence-corrected chi connectivity index (χ2v) is 9.39. The highest BCUT2D eigenvalue weighted by Crippen LogP contribution is 2.30. The highest BCUT2D eigenvalue weighted by atomic mass is 35.5. The van der Waals surface area contributed by atoms with Crippen molar-refractivity contribution in [1.82, 2.24) is 14.8 Å². The molecule has 0 aliphatic carbocycles. The van der Waals surface area contributed by atoms with Crippen LogP contribution in [0.1, 0.15) is 24.0 Å². The Labute approximate surface area is 211 Å². The number of ether oxygens (including phenoxy) is 2. The van der Waals surface area contributed by atoms with Gasteiger partial charge in [-0.2, -0.15) is 0 Å². The Morgan fingerprint density at radius 3 is 2.56 bits per heavy atom. The normalized spacial score (nSPS) is 16.4. The van der Waals surface area contributed by atoms with Crippen molar-refractivity contribution in [2.45, 2.75) is 38.9 Å². The summed E-state index contributed by atoms with van der Waals surface area (Å²) in [5.41, 5.74) is 3.17. The highest BCUT2D eigenvalue weighted by Gasteiger charge is 2.20. The summed E-state index contributed by atoms with van der Waals surface area (Å²) in [7, 11) is 0. The first-order chi connectivity index (χ1) is 16.1. The molecule has 5 rings (SSSR count). The zero-order chi connectivity index (χ0) is 22.8. The number of benzene rings is 2. The van der Waals surface area contributed by atoms with Gasteiger partial charge in [-0.1, -0.05) is 23.7 Å². The maximum atomic E-state index is 12.7. The van der Waals surface area contributed by atoms with Gasteiger partial charge in [0.25, 0.3) is 5.56 Å². The molecule has 0 unspecified atom stereocenters. The van der Waals surface area contributed by atoms with Gasteiger partial charge >= 0.3 is 0 Å². The number of pyridine rings is 1. The van der Waals surface area contributed by atoms with Gasteiger partial charge in [-0.3, -0.25) is 4.79 Å². The van der Waals surface area contributed by atoms with Crippen LogP contribution in [0.3, 0.4) is 0 Å². The Hall–Kier alpha value is -2.25. The number of aromatic nitrogens is 1. The Bertz CT molecular complexity index is 1210. The Kier molecular flexibility index (Phi) is 8.04. The van der Waals surface area contributed by atoms with Crippen LogP contribution in [0.15, 0.2) is 47.3 Å². The minimum absolute atomic E-state index is 0. The predicted molar refractivity (Wildman–Crippen MR) is 139 cm³/mol. The number of fused-ring (bicyclic) bond motifs is 2. The summed E-state index contributed by atoms with van der Waals surface area (Å²) < 4.78 is 13.2. The summed E-state index contributed by atoms with van der Waals surface area (Å²) in [5, 5.41) is 5.43. The number of hydrogen-bond donors (Lipinski definition) is 1. The van der Waals surface area contributed by atoms with Crippen molar-refractivity contribution in [2.24, 2.45) is 0 Å². The average Bonchev–Trinajstić information content (AvgIpc) is 2.83. The molecule has 0 radical (unpaired) electrons. The predicted octanol–water partition coefficient (Wildman–Crippen LogP) is 4.41. The Morgan fingerprint density at radius 1 is 1.00 bits per heavy atom. The van der Waals surface area contributed by atoms with Gasteiger partial charge in [-0.05, 0) is 68.2 Å². The third kappa shape index (κ3) is 5.52. The quantitative estimate of drug-likeness (QED) is 0.539. The molecule has 0 saturated carbocycles. The van der Waals surface area contributed by atoms with Crippen LogP contribution >= 0.6 is 24.0 Å². The summed E-state index contributed by atoms with van der Waals surface area (Å²) in [6, 6.07) is 14.2. The summed E-state index contributed by atoms with van der Waals surface area (Å²) in [6.07, 6.45) is 2.19. The van der Waals surface area contributed by atoms with Crippen molar-refractivity contribution in [2.75, 3.05) is 32.8 Å². The maximum absolute atomic E-state index is 12.7. The largest absolute Gasteiger partial charge is 0.486 e. The summed E-state index contributed by atoms with van der Waals surface area (Å²) in [5.74, 6) is 1.68. The monoisotopic (exact) mass is 503 g/mol. The van der Waals surface area contributed by atoms with Gasteiger partial charge < -0.3 is 24.3 Å². The van der Waals surface area contributed by atoms with Crippen LogP contribution in [0.5, 0.6) is 11.5 Å². The second kappa shape index (κ2) is 11.0. The molecular formula is C26H31Cl2N3O3. The van der Waals surface area contributed by atoms with Crippen molar-refractivity contribution in [1.29, 1.82) is 0 Å². The summed E-state index contributed by atoms with van der Waals surface area (Å²) >= 11 is 6.22. The minimum atomic E-state index is 0. The van der Waals surface area contributed by atoms with Crippen LogP contribution < -0.4 is 20.3 Å². The first-order valence-corrected chi connectivity index (χ1v) is 12.1. The third-order valence-electron chi connectivity index (χ3n) is 6.71. The molecule has 1 fully saturated rings. The van der Waals surface area contributed by atoms with E-state index in [2.05, 4.69) is 22.3 Å². The number of rotatable bonds is 6. The molecule has 6 nitrogen and oxygen atoms in total. The minimum Gasteiger partial charge on any atom is -0.486 e. The second-order valence-electron chi connectivity index (χ2n) is 8.95. The number of halogens is 2. The Morgan fingerprint density at radius 2 is 1.76 bits per heavy atom. The molecule has 1 aromatic heterocycles. The lowest BCUT2D eigenvalue weighted by Gasteiger charge is -2.32. The molecule has 2 aliphatic rings. The third-order valence-corrected chi connectivity index (χ3v) is 6.95. The number of hydrogen-bond acceptors (Lipinski definition) is 5. The van der Waals surface area contributed by atoms with Crippen LogP contribution in [0.4, 0.5) is 0 Å². The van der Waals surface area contributed by atoms with Crippen LogP contribution in [0.25, 0.3) is 10.9 Å². The van der Waals surface area contributed by atoms with E-state index in [1.807, 2.05) is 35.8 Å². The molecule has 0 spiro atoms. The summed E-state index contributed by atoms with van der Waals surface area (Å²) in [6.45, 7) is 7.62. The van der Waals surface area contributed by atoms with Gasteiger partial charge in [-0.15, -0.1) is 12.4 Å². The molecule has 0 amide bonds. The van der Waals surface area contributed by atoms with Crippen LogP contribution in [0.2, 0.25) is 5.02 Å². The number of nitrogens with one attached hydrogen (secondary N) is 1. The molecule has 0 bridgehead atoms. The van der Waals surface area contributed by atoms with Gasteiger partial charge in [0.1, 0.15) is 13.2 Å². The van der Waals surface area contributed by atoms with E-state index in [1.165, 1.54) is 5.56 Å². The first kappa shape index (κ1) is 24.9. The number of nitrogens with zero attached hydrogens (tertiary/aromatic N) is 2. The Balaban J connectivity index is 0.00000274.